The van der Waals surface area contributed by atoms with Crippen molar-refractivity contribution in [3.05, 3.63) is 30.1 Å². The minimum Gasteiger partial charge on any atom is -0.491 e. The number of aliphatic hydroxyl groups is 1. The van der Waals surface area contributed by atoms with Crippen LogP contribution < -0.4 is 4.74 Å². The van der Waals surface area contributed by atoms with Gasteiger partial charge in [-0.2, -0.15) is 0 Å². The quantitative estimate of drug-likeness (QED) is 0.820. The maximum atomic E-state index is 12.9. The molecule has 1 heterocycles. The van der Waals surface area contributed by atoms with Crippen LogP contribution in [0, 0.1) is 5.82 Å². The number of aliphatic hydroxyl groups excluding tert-OH is 1. The molecule has 1 N–H and O–H groups in total. The van der Waals surface area contributed by atoms with Gasteiger partial charge in [0.2, 0.25) is 0 Å². The van der Waals surface area contributed by atoms with Gasteiger partial charge in [0.25, 0.3) is 0 Å². The molecular weight excluding hydrogens is 351 g/mol. The van der Waals surface area contributed by atoms with Crippen LogP contribution in [0.4, 0.5) is 9.18 Å². The van der Waals surface area contributed by atoms with Crippen molar-refractivity contribution in [1.29, 1.82) is 0 Å². The number of carbonyl (C=O) groups excluding carboxylic acids is 1. The van der Waals surface area contributed by atoms with Crippen molar-refractivity contribution in [2.45, 2.75) is 51.4 Å². The van der Waals surface area contributed by atoms with Gasteiger partial charge >= 0.3 is 6.09 Å². The Morgan fingerprint density at radius 2 is 1.89 bits per heavy atom. The molecule has 1 atom stereocenters. The highest BCUT2D eigenvalue weighted by atomic mass is 19.1. The van der Waals surface area contributed by atoms with Gasteiger partial charge in [-0.05, 0) is 57.9 Å². The van der Waals surface area contributed by atoms with Crippen LogP contribution >= 0.6 is 0 Å². The molecule has 1 unspecified atom stereocenters. The second-order valence-corrected chi connectivity index (χ2v) is 8.04. The van der Waals surface area contributed by atoms with Crippen LogP contribution in [0.2, 0.25) is 0 Å². The molecule has 0 aliphatic carbocycles. The van der Waals surface area contributed by atoms with Crippen LogP contribution in [-0.4, -0.2) is 72.0 Å². The Morgan fingerprint density at radius 1 is 1.30 bits per heavy atom. The van der Waals surface area contributed by atoms with Crippen molar-refractivity contribution in [2.75, 3.05) is 33.3 Å². The normalized spacial score (nSPS) is 17.4. The SMILES string of the molecule is CN(C(=O)OC(C)(C)C)C1CCN(CC(O)COc2ccc(F)cc2)CC1. The van der Waals surface area contributed by atoms with Crippen LogP contribution in [0.15, 0.2) is 24.3 Å². The number of amides is 1. The first-order chi connectivity index (χ1) is 12.6. The van der Waals surface area contributed by atoms with Crippen LogP contribution in [0.1, 0.15) is 33.6 Å². The van der Waals surface area contributed by atoms with E-state index in [-0.39, 0.29) is 24.6 Å². The smallest absolute Gasteiger partial charge is 0.410 e. The predicted octanol–water partition coefficient (Wildman–Crippen LogP) is 2.90. The van der Waals surface area contributed by atoms with E-state index in [0.29, 0.717) is 12.3 Å². The Kier molecular flexibility index (Phi) is 7.44. The number of carbonyl (C=O) groups is 1. The first kappa shape index (κ1) is 21.4. The molecular formula is C20H31FN2O4. The summed E-state index contributed by atoms with van der Waals surface area (Å²) in [6.07, 6.45) is 0.742. The van der Waals surface area contributed by atoms with E-state index < -0.39 is 11.7 Å². The molecule has 0 radical (unpaired) electrons. The van der Waals surface area contributed by atoms with Gasteiger partial charge in [-0.25, -0.2) is 9.18 Å². The molecule has 27 heavy (non-hydrogen) atoms. The number of benzene rings is 1. The number of ether oxygens (including phenoxy) is 2. The lowest BCUT2D eigenvalue weighted by Crippen LogP contribution is -2.48. The number of piperidine rings is 1. The number of halogens is 1. The van der Waals surface area contributed by atoms with Crippen molar-refractivity contribution in [3.63, 3.8) is 0 Å². The highest BCUT2D eigenvalue weighted by Gasteiger charge is 2.29. The van der Waals surface area contributed by atoms with E-state index in [4.69, 9.17) is 9.47 Å². The van der Waals surface area contributed by atoms with Gasteiger partial charge in [-0.1, -0.05) is 0 Å². The lowest BCUT2D eigenvalue weighted by molar-refractivity contribution is 0.0104. The zero-order valence-corrected chi connectivity index (χ0v) is 16.7. The molecule has 1 aliphatic rings. The summed E-state index contributed by atoms with van der Waals surface area (Å²) in [6, 6.07) is 5.88. The predicted molar refractivity (Wildman–Crippen MR) is 101 cm³/mol. The summed E-state index contributed by atoms with van der Waals surface area (Å²) < 4.78 is 23.8. The third-order valence-electron chi connectivity index (χ3n) is 4.51. The average Bonchev–Trinajstić information content (AvgIpc) is 2.60. The fourth-order valence-electron chi connectivity index (χ4n) is 3.05. The molecule has 1 aromatic carbocycles. The fourth-order valence-corrected chi connectivity index (χ4v) is 3.05. The fraction of sp³-hybridized carbons (Fsp3) is 0.650. The highest BCUT2D eigenvalue weighted by molar-refractivity contribution is 5.68. The first-order valence-corrected chi connectivity index (χ1v) is 9.38. The van der Waals surface area contributed by atoms with E-state index in [1.165, 1.54) is 12.1 Å². The molecule has 1 amide bonds. The summed E-state index contributed by atoms with van der Waals surface area (Å²) in [6.45, 7) is 7.83. The Labute approximate surface area is 160 Å². The Bertz CT molecular complexity index is 595. The van der Waals surface area contributed by atoms with Crippen LogP contribution in [0.3, 0.4) is 0 Å². The first-order valence-electron chi connectivity index (χ1n) is 9.38. The molecule has 1 saturated heterocycles. The number of likely N-dealkylation sites (tertiary alicyclic amines) is 1. The largest absolute Gasteiger partial charge is 0.491 e. The number of hydrogen-bond acceptors (Lipinski definition) is 5. The van der Waals surface area contributed by atoms with Gasteiger partial charge in [-0.15, -0.1) is 0 Å². The van der Waals surface area contributed by atoms with Gasteiger partial charge in [0.1, 0.15) is 29.9 Å². The van der Waals surface area contributed by atoms with Crippen molar-refractivity contribution < 1.29 is 23.8 Å². The number of β-amino-alcohol motifs (C(OH)–C–C–N with tert-alkyl or cyclic N) is 1. The van der Waals surface area contributed by atoms with Crippen LogP contribution in [0.25, 0.3) is 0 Å². The summed E-state index contributed by atoms with van der Waals surface area (Å²) in [5, 5.41) is 10.2. The lowest BCUT2D eigenvalue weighted by atomic mass is 10.0. The zero-order chi connectivity index (χ0) is 20.0. The van der Waals surface area contributed by atoms with Crippen LogP contribution in [-0.2, 0) is 4.74 Å². The molecule has 6 nitrogen and oxygen atoms in total. The van der Waals surface area contributed by atoms with Gasteiger partial charge in [0.15, 0.2) is 0 Å². The highest BCUT2D eigenvalue weighted by Crippen LogP contribution is 2.19. The van der Waals surface area contributed by atoms with E-state index in [1.807, 2.05) is 20.8 Å². The van der Waals surface area contributed by atoms with E-state index in [2.05, 4.69) is 4.90 Å². The molecule has 152 valence electrons. The third-order valence-corrected chi connectivity index (χ3v) is 4.51. The maximum absolute atomic E-state index is 12.9. The molecule has 2 rings (SSSR count). The van der Waals surface area contributed by atoms with Gasteiger partial charge in [0, 0.05) is 32.7 Å². The van der Waals surface area contributed by atoms with E-state index in [1.54, 1.807) is 24.1 Å². The topological polar surface area (TPSA) is 62.2 Å². The molecule has 1 aliphatic heterocycles. The summed E-state index contributed by atoms with van der Waals surface area (Å²) >= 11 is 0. The monoisotopic (exact) mass is 382 g/mol. The summed E-state index contributed by atoms with van der Waals surface area (Å²) in [5.41, 5.74) is -0.499. The Balaban J connectivity index is 1.70. The molecule has 0 saturated carbocycles. The van der Waals surface area contributed by atoms with Crippen molar-refractivity contribution in [1.82, 2.24) is 9.80 Å². The van der Waals surface area contributed by atoms with Crippen molar-refractivity contribution >= 4 is 6.09 Å². The molecule has 7 heteroatoms. The second kappa shape index (κ2) is 9.37. The van der Waals surface area contributed by atoms with E-state index >= 15 is 0 Å². The number of nitrogens with zero attached hydrogens (tertiary/aromatic N) is 2. The summed E-state index contributed by atoms with van der Waals surface area (Å²) in [4.78, 5) is 16.0. The van der Waals surface area contributed by atoms with E-state index in [0.717, 1.165) is 25.9 Å². The van der Waals surface area contributed by atoms with Gasteiger partial charge in [-0.3, -0.25) is 0 Å². The second-order valence-electron chi connectivity index (χ2n) is 8.04. The molecule has 0 bridgehead atoms. The molecule has 1 fully saturated rings. The van der Waals surface area contributed by atoms with Gasteiger partial charge in [0.05, 0.1) is 0 Å². The standard InChI is InChI=1S/C20H31FN2O4/c1-20(2,3)27-19(25)22(4)16-9-11-23(12-10-16)13-17(24)14-26-18-7-5-15(21)6-8-18/h5-8,16-17,24H,9-14H2,1-4H3. The molecule has 0 spiro atoms. The summed E-state index contributed by atoms with van der Waals surface area (Å²) in [5.74, 6) is 0.218. The maximum Gasteiger partial charge on any atom is 0.410 e. The van der Waals surface area contributed by atoms with Crippen molar-refractivity contribution in [3.8, 4) is 5.75 Å². The third kappa shape index (κ3) is 7.34. The zero-order valence-electron chi connectivity index (χ0n) is 16.7. The van der Waals surface area contributed by atoms with Gasteiger partial charge < -0.3 is 24.4 Å². The minimum atomic E-state index is -0.629. The molecule has 1 aromatic rings. The molecule has 0 aromatic heterocycles. The average molecular weight is 382 g/mol. The van der Waals surface area contributed by atoms with Crippen LogP contribution in [0.5, 0.6) is 5.75 Å². The minimum absolute atomic E-state index is 0.142. The van der Waals surface area contributed by atoms with E-state index in [9.17, 15) is 14.3 Å². The van der Waals surface area contributed by atoms with Crippen molar-refractivity contribution in [2.24, 2.45) is 0 Å². The lowest BCUT2D eigenvalue weighted by Gasteiger charge is -2.37. The Hall–Kier alpha value is -1.86. The number of rotatable bonds is 6. The summed E-state index contributed by atoms with van der Waals surface area (Å²) in [7, 11) is 1.78. The Morgan fingerprint density at radius 3 is 2.44 bits per heavy atom. The number of hydrogen-bond donors (Lipinski definition) is 1.